The van der Waals surface area contributed by atoms with Gasteiger partial charge in [-0.05, 0) is 70.7 Å². The average molecular weight is 371 g/mol. The fourth-order valence-corrected chi connectivity index (χ4v) is 2.98. The first kappa shape index (κ1) is 16.5. The lowest BCUT2D eigenvalue weighted by atomic mass is 9.95. The molecule has 0 amide bonds. The fraction of sp³-hybridized carbons (Fsp3) is 0.294. The highest BCUT2D eigenvalue weighted by molar-refractivity contribution is 9.10. The maximum absolute atomic E-state index is 13.8. The van der Waals surface area contributed by atoms with Crippen LogP contribution >= 0.6 is 27.5 Å². The third kappa shape index (κ3) is 3.65. The minimum Gasteiger partial charge on any atom is -0.307 e. The number of halogens is 3. The summed E-state index contributed by atoms with van der Waals surface area (Å²) in [4.78, 5) is 0. The predicted octanol–water partition coefficient (Wildman–Crippen LogP) is 5.56. The summed E-state index contributed by atoms with van der Waals surface area (Å²) in [7, 11) is 0. The molecule has 1 atom stereocenters. The molecular formula is C17H18BrClFN. The number of benzene rings is 2. The van der Waals surface area contributed by atoms with Crippen molar-refractivity contribution in [3.05, 3.63) is 67.9 Å². The fourth-order valence-electron chi connectivity index (χ4n) is 2.47. The zero-order chi connectivity index (χ0) is 15.6. The van der Waals surface area contributed by atoms with Crippen molar-refractivity contribution in [3.63, 3.8) is 0 Å². The molecular weight excluding hydrogens is 353 g/mol. The molecule has 0 saturated carbocycles. The van der Waals surface area contributed by atoms with Crippen LogP contribution in [0.15, 0.2) is 34.8 Å². The quantitative estimate of drug-likeness (QED) is 0.743. The van der Waals surface area contributed by atoms with Crippen molar-refractivity contribution < 1.29 is 4.39 Å². The van der Waals surface area contributed by atoms with E-state index in [0.717, 1.165) is 22.1 Å². The molecule has 0 radical (unpaired) electrons. The molecule has 0 saturated heterocycles. The summed E-state index contributed by atoms with van der Waals surface area (Å²) in [6, 6.07) is 9.69. The molecule has 1 unspecified atom stereocenters. The molecule has 0 aliphatic rings. The van der Waals surface area contributed by atoms with Gasteiger partial charge in [0, 0.05) is 4.47 Å². The third-order valence-corrected chi connectivity index (χ3v) is 4.69. The van der Waals surface area contributed by atoms with E-state index in [9.17, 15) is 4.39 Å². The lowest BCUT2D eigenvalue weighted by molar-refractivity contribution is 0.598. The highest BCUT2D eigenvalue weighted by Crippen LogP contribution is 2.30. The van der Waals surface area contributed by atoms with Gasteiger partial charge in [-0.2, -0.15) is 0 Å². The minimum atomic E-state index is -0.133. The largest absolute Gasteiger partial charge is 0.307 e. The molecule has 0 spiro atoms. The molecule has 0 aliphatic carbocycles. The summed E-state index contributed by atoms with van der Waals surface area (Å²) in [5.74, 6) is -0.133. The van der Waals surface area contributed by atoms with E-state index < -0.39 is 0 Å². The zero-order valence-electron chi connectivity index (χ0n) is 12.3. The summed E-state index contributed by atoms with van der Waals surface area (Å²) in [5.41, 5.74) is 3.49. The van der Waals surface area contributed by atoms with Crippen molar-refractivity contribution in [1.29, 1.82) is 0 Å². The summed E-state index contributed by atoms with van der Waals surface area (Å²) >= 11 is 9.52. The van der Waals surface area contributed by atoms with Gasteiger partial charge in [-0.3, -0.25) is 0 Å². The highest BCUT2D eigenvalue weighted by Gasteiger charge is 2.16. The van der Waals surface area contributed by atoms with Gasteiger partial charge in [0.25, 0.3) is 0 Å². The molecule has 0 aliphatic heterocycles. The van der Waals surface area contributed by atoms with Gasteiger partial charge in [-0.1, -0.05) is 36.7 Å². The van der Waals surface area contributed by atoms with Gasteiger partial charge < -0.3 is 5.32 Å². The minimum absolute atomic E-state index is 0.0153. The van der Waals surface area contributed by atoms with Gasteiger partial charge in [-0.25, -0.2) is 4.39 Å². The second-order valence-electron chi connectivity index (χ2n) is 5.13. The Balaban J connectivity index is 2.50. The molecule has 21 heavy (non-hydrogen) atoms. The Hall–Kier alpha value is -0.900. The molecule has 112 valence electrons. The molecule has 1 nitrogen and oxygen atoms in total. The van der Waals surface area contributed by atoms with Crippen LogP contribution in [-0.2, 0) is 0 Å². The van der Waals surface area contributed by atoms with Gasteiger partial charge in [0.1, 0.15) is 5.82 Å². The van der Waals surface area contributed by atoms with Crippen molar-refractivity contribution in [1.82, 2.24) is 5.32 Å². The van der Waals surface area contributed by atoms with Crippen LogP contribution in [0, 0.1) is 19.7 Å². The first-order chi connectivity index (χ1) is 9.93. The van der Waals surface area contributed by atoms with Crippen molar-refractivity contribution in [2.24, 2.45) is 0 Å². The van der Waals surface area contributed by atoms with Gasteiger partial charge in [0.05, 0.1) is 11.1 Å². The molecule has 0 aromatic heterocycles. The summed E-state index contributed by atoms with van der Waals surface area (Å²) in [6.07, 6.45) is 0. The Labute approximate surface area is 138 Å². The van der Waals surface area contributed by atoms with E-state index in [0.29, 0.717) is 16.1 Å². The van der Waals surface area contributed by atoms with E-state index >= 15 is 0 Å². The summed E-state index contributed by atoms with van der Waals surface area (Å²) in [6.45, 7) is 6.47. The van der Waals surface area contributed by atoms with Gasteiger partial charge in [0.2, 0.25) is 0 Å². The zero-order valence-corrected chi connectivity index (χ0v) is 14.6. The van der Waals surface area contributed by atoms with Crippen molar-refractivity contribution >= 4 is 27.5 Å². The second kappa shape index (κ2) is 6.91. The second-order valence-corrected chi connectivity index (χ2v) is 6.39. The predicted molar refractivity (Wildman–Crippen MR) is 90.5 cm³/mol. The molecule has 2 rings (SSSR count). The normalized spacial score (nSPS) is 12.5. The van der Waals surface area contributed by atoms with Crippen molar-refractivity contribution in [2.75, 3.05) is 6.54 Å². The van der Waals surface area contributed by atoms with Crippen LogP contribution in [0.25, 0.3) is 0 Å². The topological polar surface area (TPSA) is 12.0 Å². The molecule has 4 heteroatoms. The number of nitrogens with one attached hydrogen (secondary N) is 1. The van der Waals surface area contributed by atoms with Gasteiger partial charge in [0.15, 0.2) is 0 Å². The Morgan fingerprint density at radius 1 is 1.14 bits per heavy atom. The maximum Gasteiger partial charge on any atom is 0.129 e. The first-order valence-electron chi connectivity index (χ1n) is 6.89. The summed E-state index contributed by atoms with van der Waals surface area (Å²) < 4.78 is 14.7. The Kier molecular flexibility index (Phi) is 5.42. The lowest BCUT2D eigenvalue weighted by Gasteiger charge is -2.21. The SMILES string of the molecule is CCNC(c1cc(C)c(F)c(C)c1)c1ccc(Cl)c(Br)c1. The van der Waals surface area contributed by atoms with Crippen LogP contribution in [0.1, 0.15) is 35.2 Å². The lowest BCUT2D eigenvalue weighted by Crippen LogP contribution is -2.22. The van der Waals surface area contributed by atoms with Crippen molar-refractivity contribution in [3.8, 4) is 0 Å². The molecule has 1 N–H and O–H groups in total. The number of hydrogen-bond donors (Lipinski definition) is 1. The van der Waals surface area contributed by atoms with Crippen LogP contribution in [0.2, 0.25) is 5.02 Å². The van der Waals surface area contributed by atoms with Crippen LogP contribution in [0.4, 0.5) is 4.39 Å². The Morgan fingerprint density at radius 3 is 2.29 bits per heavy atom. The molecule has 0 bridgehead atoms. The van der Waals surface area contributed by atoms with E-state index in [1.54, 1.807) is 13.8 Å². The van der Waals surface area contributed by atoms with Crippen molar-refractivity contribution in [2.45, 2.75) is 26.8 Å². The Morgan fingerprint density at radius 2 is 1.76 bits per heavy atom. The van der Waals surface area contributed by atoms with Gasteiger partial charge in [-0.15, -0.1) is 0 Å². The molecule has 0 heterocycles. The first-order valence-corrected chi connectivity index (χ1v) is 8.06. The van der Waals surface area contributed by atoms with Crippen LogP contribution in [-0.4, -0.2) is 6.54 Å². The molecule has 0 fully saturated rings. The van der Waals surface area contributed by atoms with E-state index in [2.05, 4.69) is 28.2 Å². The van der Waals surface area contributed by atoms with E-state index in [4.69, 9.17) is 11.6 Å². The standard InChI is InChI=1S/C17H18BrClFN/c1-4-21-17(12-5-6-15(19)14(18)9-12)13-7-10(2)16(20)11(3)8-13/h5-9,17,21H,4H2,1-3H3. The van der Waals surface area contributed by atoms with Crippen LogP contribution in [0.5, 0.6) is 0 Å². The van der Waals surface area contributed by atoms with E-state index in [1.807, 2.05) is 30.3 Å². The Bertz CT molecular complexity index is 634. The van der Waals surface area contributed by atoms with E-state index in [-0.39, 0.29) is 11.9 Å². The molecule has 2 aromatic rings. The average Bonchev–Trinajstić information content (AvgIpc) is 2.45. The number of hydrogen-bond acceptors (Lipinski definition) is 1. The van der Waals surface area contributed by atoms with Gasteiger partial charge >= 0.3 is 0 Å². The highest BCUT2D eigenvalue weighted by atomic mass is 79.9. The maximum atomic E-state index is 13.8. The smallest absolute Gasteiger partial charge is 0.129 e. The number of rotatable bonds is 4. The van der Waals surface area contributed by atoms with Crippen LogP contribution in [0.3, 0.4) is 0 Å². The monoisotopic (exact) mass is 369 g/mol. The van der Waals surface area contributed by atoms with Crippen LogP contribution < -0.4 is 5.32 Å². The molecule has 2 aromatic carbocycles. The third-order valence-electron chi connectivity index (χ3n) is 3.48. The summed E-state index contributed by atoms with van der Waals surface area (Å²) in [5, 5.41) is 4.13. The number of aryl methyl sites for hydroxylation is 2. The van der Waals surface area contributed by atoms with E-state index in [1.165, 1.54) is 0 Å².